The number of aryl methyl sites for hydroxylation is 2. The van der Waals surface area contributed by atoms with Crippen LogP contribution in [0.15, 0.2) is 33.6 Å². The predicted octanol–water partition coefficient (Wildman–Crippen LogP) is 2.46. The summed E-state index contributed by atoms with van der Waals surface area (Å²) < 4.78 is 32.8. The zero-order chi connectivity index (χ0) is 19.8. The Morgan fingerprint density at radius 2 is 2.00 bits per heavy atom. The van der Waals surface area contributed by atoms with Gasteiger partial charge in [-0.1, -0.05) is 15.9 Å². The van der Waals surface area contributed by atoms with Crippen LogP contribution < -0.4 is 10.1 Å². The summed E-state index contributed by atoms with van der Waals surface area (Å²) in [6.45, 7) is 1.94. The largest absolute Gasteiger partial charge is 0.475 e. The second kappa shape index (κ2) is 7.47. The van der Waals surface area contributed by atoms with Gasteiger partial charge in [0.1, 0.15) is 6.61 Å². The molecule has 0 bridgehead atoms. The van der Waals surface area contributed by atoms with Gasteiger partial charge < -0.3 is 10.1 Å². The SMILES string of the molecule is Cc1nn(C)c2c1/C=C(/S(C)(=O)=O)CC(NC(=O)c1ccc(Br)cc1)CO2. The molecule has 1 amide bonds. The smallest absolute Gasteiger partial charge is 0.251 e. The minimum atomic E-state index is -3.44. The molecule has 2 aromatic rings. The third-order valence-corrected chi connectivity index (χ3v) is 6.07. The highest BCUT2D eigenvalue weighted by atomic mass is 79.9. The zero-order valence-electron chi connectivity index (χ0n) is 15.2. The lowest BCUT2D eigenvalue weighted by atomic mass is 10.1. The van der Waals surface area contributed by atoms with E-state index in [4.69, 9.17) is 4.74 Å². The van der Waals surface area contributed by atoms with Crippen LogP contribution in [0.5, 0.6) is 5.88 Å². The number of nitrogens with zero attached hydrogens (tertiary/aromatic N) is 2. The van der Waals surface area contributed by atoms with E-state index in [9.17, 15) is 13.2 Å². The van der Waals surface area contributed by atoms with Gasteiger partial charge in [-0.15, -0.1) is 0 Å². The van der Waals surface area contributed by atoms with E-state index >= 15 is 0 Å². The molecule has 1 aliphatic rings. The standard InChI is InChI=1S/C18H20BrN3O4S/c1-11-16-9-15(27(3,24)25)8-14(10-26-18(16)22(2)21-11)20-17(23)12-4-6-13(19)7-5-12/h4-7,9,14H,8,10H2,1-3H3,(H,20,23)/b15-9+. The maximum Gasteiger partial charge on any atom is 0.251 e. The Morgan fingerprint density at radius 3 is 2.63 bits per heavy atom. The number of nitrogens with one attached hydrogen (secondary N) is 1. The van der Waals surface area contributed by atoms with E-state index < -0.39 is 15.9 Å². The van der Waals surface area contributed by atoms with Gasteiger partial charge in [-0.05, 0) is 37.3 Å². The molecule has 1 aromatic carbocycles. The number of sulfone groups is 1. The molecule has 0 radical (unpaired) electrons. The molecule has 0 fully saturated rings. The van der Waals surface area contributed by atoms with Crippen LogP contribution in [0.4, 0.5) is 0 Å². The third kappa shape index (κ3) is 4.41. The molecule has 27 heavy (non-hydrogen) atoms. The number of halogens is 1. The number of carbonyl (C=O) groups excluding carboxylic acids is 1. The van der Waals surface area contributed by atoms with Gasteiger partial charge in [-0.2, -0.15) is 5.10 Å². The molecule has 9 heteroatoms. The summed E-state index contributed by atoms with van der Waals surface area (Å²) in [5, 5.41) is 7.16. The fourth-order valence-electron chi connectivity index (χ4n) is 2.91. The Labute approximate surface area is 166 Å². The summed E-state index contributed by atoms with van der Waals surface area (Å²) in [5.74, 6) is 0.196. The molecular weight excluding hydrogens is 434 g/mol. The first kappa shape index (κ1) is 19.6. The number of rotatable bonds is 3. The van der Waals surface area contributed by atoms with Crippen molar-refractivity contribution >= 4 is 37.8 Å². The van der Waals surface area contributed by atoms with Gasteiger partial charge in [0.25, 0.3) is 5.91 Å². The van der Waals surface area contributed by atoms with E-state index in [1.807, 2.05) is 0 Å². The van der Waals surface area contributed by atoms with Crippen molar-refractivity contribution in [1.29, 1.82) is 0 Å². The Morgan fingerprint density at radius 1 is 1.33 bits per heavy atom. The lowest BCUT2D eigenvalue weighted by Crippen LogP contribution is -2.40. The van der Waals surface area contributed by atoms with Gasteiger partial charge in [0.2, 0.25) is 5.88 Å². The molecule has 7 nitrogen and oxygen atoms in total. The Balaban J connectivity index is 1.90. The molecule has 144 valence electrons. The lowest BCUT2D eigenvalue weighted by Gasteiger charge is -2.23. The van der Waals surface area contributed by atoms with E-state index in [0.29, 0.717) is 22.7 Å². The summed E-state index contributed by atoms with van der Waals surface area (Å²) in [6, 6.07) is 6.44. The van der Waals surface area contributed by atoms with Crippen molar-refractivity contribution in [1.82, 2.24) is 15.1 Å². The van der Waals surface area contributed by atoms with E-state index in [1.54, 1.807) is 49.0 Å². The second-order valence-corrected chi connectivity index (χ2v) is 9.49. The first-order chi connectivity index (χ1) is 12.6. The zero-order valence-corrected chi connectivity index (χ0v) is 17.6. The number of hydrogen-bond donors (Lipinski definition) is 1. The number of fused-ring (bicyclic) bond motifs is 1. The Kier molecular flexibility index (Phi) is 5.43. The van der Waals surface area contributed by atoms with Gasteiger partial charge in [0.15, 0.2) is 9.84 Å². The molecule has 0 aliphatic carbocycles. The topological polar surface area (TPSA) is 90.3 Å². The van der Waals surface area contributed by atoms with Crippen LogP contribution in [0, 0.1) is 6.92 Å². The Hall–Kier alpha value is -2.13. The summed E-state index contributed by atoms with van der Waals surface area (Å²) in [4.78, 5) is 12.8. The average molecular weight is 454 g/mol. The first-order valence-corrected chi connectivity index (χ1v) is 11.0. The summed E-state index contributed by atoms with van der Waals surface area (Å²) >= 11 is 3.33. The molecule has 3 rings (SSSR count). The monoisotopic (exact) mass is 453 g/mol. The lowest BCUT2D eigenvalue weighted by molar-refractivity contribution is 0.0920. The minimum absolute atomic E-state index is 0.140. The molecule has 1 unspecified atom stereocenters. The van der Waals surface area contributed by atoms with Crippen molar-refractivity contribution in [3.63, 3.8) is 0 Å². The number of benzene rings is 1. The van der Waals surface area contributed by atoms with Gasteiger partial charge in [-0.25, -0.2) is 13.1 Å². The summed E-state index contributed by atoms with van der Waals surface area (Å²) in [5.41, 5.74) is 1.82. The highest BCUT2D eigenvalue weighted by Crippen LogP contribution is 2.29. The van der Waals surface area contributed by atoms with E-state index in [2.05, 4.69) is 26.3 Å². The van der Waals surface area contributed by atoms with Gasteiger partial charge >= 0.3 is 0 Å². The predicted molar refractivity (Wildman–Crippen MR) is 106 cm³/mol. The molecule has 1 atom stereocenters. The molecule has 1 aliphatic heterocycles. The molecule has 0 saturated heterocycles. The molecule has 2 heterocycles. The second-order valence-electron chi connectivity index (χ2n) is 6.50. The van der Waals surface area contributed by atoms with Crippen molar-refractivity contribution in [3.8, 4) is 5.88 Å². The van der Waals surface area contributed by atoms with Gasteiger partial charge in [0.05, 0.1) is 17.3 Å². The number of carbonyl (C=O) groups is 1. The van der Waals surface area contributed by atoms with Crippen LogP contribution in [-0.4, -0.2) is 43.0 Å². The quantitative estimate of drug-likeness (QED) is 0.770. The molecule has 0 saturated carbocycles. The fourth-order valence-corrected chi connectivity index (χ4v) is 4.01. The van der Waals surface area contributed by atoms with Crippen molar-refractivity contribution in [2.24, 2.45) is 7.05 Å². The normalized spacial score (nSPS) is 19.1. The fraction of sp³-hybridized carbons (Fsp3) is 0.333. The summed E-state index contributed by atoms with van der Waals surface area (Å²) in [6.07, 6.45) is 2.90. The van der Waals surface area contributed by atoms with Crippen molar-refractivity contribution < 1.29 is 17.9 Å². The van der Waals surface area contributed by atoms with E-state index in [1.165, 1.54) is 6.26 Å². The Bertz CT molecular complexity index is 1010. The van der Waals surface area contributed by atoms with E-state index in [0.717, 1.165) is 4.47 Å². The van der Waals surface area contributed by atoms with Crippen LogP contribution in [-0.2, 0) is 16.9 Å². The minimum Gasteiger partial charge on any atom is -0.475 e. The van der Waals surface area contributed by atoms with Crippen molar-refractivity contribution in [3.05, 3.63) is 50.5 Å². The van der Waals surface area contributed by atoms with Crippen molar-refractivity contribution in [2.45, 2.75) is 19.4 Å². The van der Waals surface area contributed by atoms with Crippen molar-refractivity contribution in [2.75, 3.05) is 12.9 Å². The number of aromatic nitrogens is 2. The third-order valence-electron chi connectivity index (χ3n) is 4.31. The van der Waals surface area contributed by atoms with Crippen LogP contribution in [0.1, 0.15) is 28.0 Å². The summed E-state index contributed by atoms with van der Waals surface area (Å²) in [7, 11) is -1.71. The maximum absolute atomic E-state index is 12.5. The molecule has 1 aromatic heterocycles. The van der Waals surface area contributed by atoms with E-state index in [-0.39, 0.29) is 23.8 Å². The van der Waals surface area contributed by atoms with Crippen LogP contribution in [0.2, 0.25) is 0 Å². The number of hydrogen-bond acceptors (Lipinski definition) is 5. The first-order valence-electron chi connectivity index (χ1n) is 8.28. The highest BCUT2D eigenvalue weighted by molar-refractivity contribution is 9.10. The highest BCUT2D eigenvalue weighted by Gasteiger charge is 2.26. The van der Waals surface area contributed by atoms with Crippen LogP contribution >= 0.6 is 15.9 Å². The number of ether oxygens (including phenoxy) is 1. The average Bonchev–Trinajstić information content (AvgIpc) is 2.81. The maximum atomic E-state index is 12.5. The van der Waals surface area contributed by atoms with Gasteiger partial charge in [-0.3, -0.25) is 4.79 Å². The van der Waals surface area contributed by atoms with Crippen LogP contribution in [0.3, 0.4) is 0 Å². The molecule has 0 spiro atoms. The molecule has 1 N–H and O–H groups in total. The van der Waals surface area contributed by atoms with Crippen LogP contribution in [0.25, 0.3) is 6.08 Å². The number of amides is 1. The van der Waals surface area contributed by atoms with Gasteiger partial charge in [0, 0.05) is 34.7 Å². The molecular formula is C18H20BrN3O4S.